The van der Waals surface area contributed by atoms with Gasteiger partial charge < -0.3 is 10.1 Å². The Morgan fingerprint density at radius 2 is 1.95 bits per heavy atom. The van der Waals surface area contributed by atoms with Crippen LogP contribution in [0.1, 0.15) is 10.5 Å². The average molecular weight is 296 g/mol. The van der Waals surface area contributed by atoms with Crippen LogP contribution in [0.15, 0.2) is 54.6 Å². The highest BCUT2D eigenvalue weighted by molar-refractivity contribution is 6.04. The van der Waals surface area contributed by atoms with Gasteiger partial charge in [0.1, 0.15) is 17.3 Å². The summed E-state index contributed by atoms with van der Waals surface area (Å²) in [6.45, 7) is 0. The molecule has 0 saturated heterocycles. The summed E-state index contributed by atoms with van der Waals surface area (Å²) >= 11 is 0. The maximum absolute atomic E-state index is 13.2. The second-order valence-corrected chi connectivity index (χ2v) is 4.69. The summed E-state index contributed by atoms with van der Waals surface area (Å²) in [5, 5.41) is 3.63. The molecule has 5 heteroatoms. The Hall–Kier alpha value is -2.95. The first-order valence-electron chi connectivity index (χ1n) is 6.68. The lowest BCUT2D eigenvalue weighted by molar-refractivity contribution is 0.102. The molecule has 0 aliphatic rings. The number of nitrogens with zero attached hydrogens (tertiary/aromatic N) is 1. The first-order valence-corrected chi connectivity index (χ1v) is 6.68. The molecule has 3 aromatic rings. The zero-order valence-electron chi connectivity index (χ0n) is 11.8. The molecule has 0 radical (unpaired) electrons. The van der Waals surface area contributed by atoms with Crippen molar-refractivity contribution >= 4 is 22.5 Å². The Morgan fingerprint density at radius 3 is 2.77 bits per heavy atom. The zero-order chi connectivity index (χ0) is 15.5. The van der Waals surface area contributed by atoms with E-state index < -0.39 is 5.82 Å². The highest BCUT2D eigenvalue weighted by Crippen LogP contribution is 2.25. The van der Waals surface area contributed by atoms with Crippen LogP contribution in [0.25, 0.3) is 10.9 Å². The first-order chi connectivity index (χ1) is 10.7. The number of methoxy groups -OCH3 is 1. The number of hydrogen-bond donors (Lipinski definition) is 1. The number of ether oxygens (including phenoxy) is 1. The van der Waals surface area contributed by atoms with Crippen LogP contribution in [0, 0.1) is 5.82 Å². The Balaban J connectivity index is 1.90. The normalized spacial score (nSPS) is 10.5. The predicted molar refractivity (Wildman–Crippen MR) is 82.6 cm³/mol. The topological polar surface area (TPSA) is 51.2 Å². The smallest absolute Gasteiger partial charge is 0.274 e. The molecule has 1 heterocycles. The monoisotopic (exact) mass is 296 g/mol. The van der Waals surface area contributed by atoms with Crippen molar-refractivity contribution in [2.75, 3.05) is 12.4 Å². The SMILES string of the molecule is COc1cc(F)ccc1NC(=O)c1ccc2ccccc2n1. The largest absolute Gasteiger partial charge is 0.494 e. The van der Waals surface area contributed by atoms with E-state index >= 15 is 0 Å². The van der Waals surface area contributed by atoms with Crippen molar-refractivity contribution < 1.29 is 13.9 Å². The molecule has 110 valence electrons. The van der Waals surface area contributed by atoms with Crippen molar-refractivity contribution in [3.63, 3.8) is 0 Å². The molecule has 4 nitrogen and oxygen atoms in total. The van der Waals surface area contributed by atoms with E-state index in [0.717, 1.165) is 10.9 Å². The number of halogens is 1. The number of fused-ring (bicyclic) bond motifs is 1. The lowest BCUT2D eigenvalue weighted by Crippen LogP contribution is -2.14. The van der Waals surface area contributed by atoms with Gasteiger partial charge in [-0.2, -0.15) is 0 Å². The highest BCUT2D eigenvalue weighted by Gasteiger charge is 2.12. The summed E-state index contributed by atoms with van der Waals surface area (Å²) in [5.41, 5.74) is 1.41. The van der Waals surface area contributed by atoms with Gasteiger partial charge in [0.05, 0.1) is 18.3 Å². The second-order valence-electron chi connectivity index (χ2n) is 4.69. The maximum atomic E-state index is 13.2. The quantitative estimate of drug-likeness (QED) is 0.803. The molecule has 22 heavy (non-hydrogen) atoms. The van der Waals surface area contributed by atoms with Crippen molar-refractivity contribution in [1.29, 1.82) is 0 Å². The van der Waals surface area contributed by atoms with Crippen molar-refractivity contribution in [3.8, 4) is 5.75 Å². The molecule has 0 unspecified atom stereocenters. The first kappa shape index (κ1) is 14.0. The maximum Gasteiger partial charge on any atom is 0.274 e. The number of rotatable bonds is 3. The Morgan fingerprint density at radius 1 is 1.14 bits per heavy atom. The molecule has 1 aromatic heterocycles. The number of aromatic nitrogens is 1. The van der Waals surface area contributed by atoms with Gasteiger partial charge in [0, 0.05) is 11.5 Å². The molecular formula is C17H13FN2O2. The summed E-state index contributed by atoms with van der Waals surface area (Å²) in [6, 6.07) is 14.9. The Labute approximate surface area is 126 Å². The molecule has 3 rings (SSSR count). The lowest BCUT2D eigenvalue weighted by Gasteiger charge is -2.10. The molecule has 0 fully saturated rings. The average Bonchev–Trinajstić information content (AvgIpc) is 2.55. The number of benzene rings is 2. The van der Waals surface area contributed by atoms with Crippen LogP contribution in [0.3, 0.4) is 0 Å². The third-order valence-corrected chi connectivity index (χ3v) is 3.24. The van der Waals surface area contributed by atoms with Crippen LogP contribution in [0.4, 0.5) is 10.1 Å². The summed E-state index contributed by atoms with van der Waals surface area (Å²) in [6.07, 6.45) is 0. The van der Waals surface area contributed by atoms with E-state index in [1.807, 2.05) is 30.3 Å². The standard InChI is InChI=1S/C17H13FN2O2/c1-22-16-10-12(18)7-9-14(16)20-17(21)15-8-6-11-4-2-3-5-13(11)19-15/h2-10H,1H3,(H,20,21). The van der Waals surface area contributed by atoms with Gasteiger partial charge in [-0.1, -0.05) is 24.3 Å². The minimum absolute atomic E-state index is 0.258. The number of carbonyl (C=O) groups excluding carboxylic acids is 1. The predicted octanol–water partition coefficient (Wildman–Crippen LogP) is 3.63. The number of anilines is 1. The van der Waals surface area contributed by atoms with Crippen molar-refractivity contribution in [2.24, 2.45) is 0 Å². The van der Waals surface area contributed by atoms with Crippen LogP contribution in [-0.4, -0.2) is 18.0 Å². The molecule has 0 bridgehead atoms. The van der Waals surface area contributed by atoms with E-state index in [0.29, 0.717) is 5.69 Å². The summed E-state index contributed by atoms with van der Waals surface area (Å²) in [7, 11) is 1.42. The molecule has 0 aliphatic heterocycles. The number of nitrogens with one attached hydrogen (secondary N) is 1. The van der Waals surface area contributed by atoms with E-state index in [-0.39, 0.29) is 17.4 Å². The Bertz CT molecular complexity index is 849. The molecule has 0 aliphatic carbocycles. The number of carbonyl (C=O) groups is 1. The van der Waals surface area contributed by atoms with Crippen LogP contribution in [0.5, 0.6) is 5.75 Å². The number of hydrogen-bond acceptors (Lipinski definition) is 3. The molecule has 2 aromatic carbocycles. The molecule has 0 saturated carbocycles. The van der Waals surface area contributed by atoms with E-state index in [1.54, 1.807) is 6.07 Å². The third kappa shape index (κ3) is 2.74. The van der Waals surface area contributed by atoms with Crippen molar-refractivity contribution in [2.45, 2.75) is 0 Å². The minimum Gasteiger partial charge on any atom is -0.494 e. The zero-order valence-corrected chi connectivity index (χ0v) is 11.8. The van der Waals surface area contributed by atoms with Gasteiger partial charge >= 0.3 is 0 Å². The number of pyridine rings is 1. The highest BCUT2D eigenvalue weighted by atomic mass is 19.1. The molecular weight excluding hydrogens is 283 g/mol. The van der Waals surface area contributed by atoms with Gasteiger partial charge in [0.25, 0.3) is 5.91 Å². The number of para-hydroxylation sites is 1. The lowest BCUT2D eigenvalue weighted by atomic mass is 10.2. The van der Waals surface area contributed by atoms with Crippen LogP contribution in [0.2, 0.25) is 0 Å². The van der Waals surface area contributed by atoms with Gasteiger partial charge in [-0.3, -0.25) is 4.79 Å². The third-order valence-electron chi connectivity index (χ3n) is 3.24. The summed E-state index contributed by atoms with van der Waals surface area (Å²) < 4.78 is 18.2. The fourth-order valence-electron chi connectivity index (χ4n) is 2.15. The number of amides is 1. The van der Waals surface area contributed by atoms with E-state index in [4.69, 9.17) is 4.74 Å². The van der Waals surface area contributed by atoms with E-state index in [1.165, 1.54) is 25.3 Å². The summed E-state index contributed by atoms with van der Waals surface area (Å²) in [5.74, 6) is -0.552. The van der Waals surface area contributed by atoms with E-state index in [9.17, 15) is 9.18 Å². The van der Waals surface area contributed by atoms with Crippen molar-refractivity contribution in [3.05, 3.63) is 66.1 Å². The molecule has 0 spiro atoms. The van der Waals surface area contributed by atoms with Gasteiger partial charge in [-0.25, -0.2) is 9.37 Å². The molecule has 1 amide bonds. The van der Waals surface area contributed by atoms with Crippen LogP contribution >= 0.6 is 0 Å². The van der Waals surface area contributed by atoms with Gasteiger partial charge in [0.15, 0.2) is 0 Å². The fraction of sp³-hybridized carbons (Fsp3) is 0.0588. The molecule has 0 atom stereocenters. The minimum atomic E-state index is -0.432. The van der Waals surface area contributed by atoms with Crippen LogP contribution < -0.4 is 10.1 Å². The van der Waals surface area contributed by atoms with Gasteiger partial charge in [0.2, 0.25) is 0 Å². The van der Waals surface area contributed by atoms with Gasteiger partial charge in [-0.05, 0) is 24.3 Å². The second kappa shape index (κ2) is 5.81. The van der Waals surface area contributed by atoms with E-state index in [2.05, 4.69) is 10.3 Å². The van der Waals surface area contributed by atoms with Gasteiger partial charge in [-0.15, -0.1) is 0 Å². The van der Waals surface area contributed by atoms with Crippen molar-refractivity contribution in [1.82, 2.24) is 4.98 Å². The fourth-order valence-corrected chi connectivity index (χ4v) is 2.15. The summed E-state index contributed by atoms with van der Waals surface area (Å²) in [4.78, 5) is 16.6. The van der Waals surface area contributed by atoms with Crippen LogP contribution in [-0.2, 0) is 0 Å². The molecule has 1 N–H and O–H groups in total. The Kier molecular flexibility index (Phi) is 3.70.